The lowest BCUT2D eigenvalue weighted by molar-refractivity contribution is 0.476. The van der Waals surface area contributed by atoms with E-state index in [1.165, 1.54) is 0 Å². The molecule has 20 heavy (non-hydrogen) atoms. The van der Waals surface area contributed by atoms with Gasteiger partial charge in [-0.3, -0.25) is 0 Å². The standard InChI is InChI=1S/C12H18BrN3O2S2/c1-12(2,16-20(3,17)18)7-15-8-4-5-9(11(14)19)10(13)6-8/h4-6,15-16H,7H2,1-3H3,(H2,14,19). The molecule has 0 amide bonds. The molecule has 112 valence electrons. The van der Waals surface area contributed by atoms with Crippen molar-refractivity contribution in [2.45, 2.75) is 19.4 Å². The van der Waals surface area contributed by atoms with Gasteiger partial charge in [-0.2, -0.15) is 0 Å². The van der Waals surface area contributed by atoms with Crippen LogP contribution in [0.4, 0.5) is 5.69 Å². The molecule has 0 saturated carbocycles. The number of anilines is 1. The molecule has 1 rings (SSSR count). The smallest absolute Gasteiger partial charge is 0.209 e. The lowest BCUT2D eigenvalue weighted by atomic mass is 10.1. The normalized spacial score (nSPS) is 12.2. The predicted octanol–water partition coefficient (Wildman–Crippen LogP) is 1.82. The summed E-state index contributed by atoms with van der Waals surface area (Å²) < 4.78 is 25.9. The summed E-state index contributed by atoms with van der Waals surface area (Å²) in [5.41, 5.74) is 6.60. The average molecular weight is 380 g/mol. The van der Waals surface area contributed by atoms with Gasteiger partial charge in [-0.25, -0.2) is 13.1 Å². The summed E-state index contributed by atoms with van der Waals surface area (Å²) in [6, 6.07) is 5.51. The lowest BCUT2D eigenvalue weighted by Gasteiger charge is -2.26. The highest BCUT2D eigenvalue weighted by molar-refractivity contribution is 9.10. The Balaban J connectivity index is 2.76. The molecule has 0 fully saturated rings. The zero-order chi connectivity index (χ0) is 15.6. The molecular weight excluding hydrogens is 362 g/mol. The van der Waals surface area contributed by atoms with Gasteiger partial charge in [-0.15, -0.1) is 0 Å². The zero-order valence-electron chi connectivity index (χ0n) is 11.5. The molecule has 0 heterocycles. The Morgan fingerprint density at radius 1 is 1.45 bits per heavy atom. The van der Waals surface area contributed by atoms with Crippen LogP contribution in [0.25, 0.3) is 0 Å². The van der Waals surface area contributed by atoms with Crippen LogP contribution in [0.2, 0.25) is 0 Å². The minimum atomic E-state index is -3.25. The molecule has 0 aliphatic rings. The molecule has 0 bridgehead atoms. The van der Waals surface area contributed by atoms with Crippen LogP contribution in [-0.2, 0) is 10.0 Å². The van der Waals surface area contributed by atoms with Gasteiger partial charge in [0.15, 0.2) is 0 Å². The molecule has 0 spiro atoms. The molecule has 0 saturated heterocycles. The Kier molecular flexibility index (Phi) is 5.54. The third-order valence-corrected chi connectivity index (χ3v) is 4.23. The van der Waals surface area contributed by atoms with Crippen molar-refractivity contribution in [3.63, 3.8) is 0 Å². The maximum atomic E-state index is 11.3. The van der Waals surface area contributed by atoms with Gasteiger partial charge < -0.3 is 11.1 Å². The van der Waals surface area contributed by atoms with E-state index in [2.05, 4.69) is 26.0 Å². The monoisotopic (exact) mass is 379 g/mol. The van der Waals surface area contributed by atoms with Crippen LogP contribution in [0.3, 0.4) is 0 Å². The highest BCUT2D eigenvalue weighted by atomic mass is 79.9. The van der Waals surface area contributed by atoms with Crippen molar-refractivity contribution < 1.29 is 8.42 Å². The summed E-state index contributed by atoms with van der Waals surface area (Å²) in [5, 5.41) is 3.17. The third kappa shape index (κ3) is 5.74. The predicted molar refractivity (Wildman–Crippen MR) is 90.6 cm³/mol. The Labute approximate surface area is 133 Å². The summed E-state index contributed by atoms with van der Waals surface area (Å²) in [6.45, 7) is 4.05. The molecule has 5 nitrogen and oxygen atoms in total. The summed E-state index contributed by atoms with van der Waals surface area (Å²) in [4.78, 5) is 0.322. The second-order valence-electron chi connectivity index (χ2n) is 5.17. The Morgan fingerprint density at radius 2 is 2.05 bits per heavy atom. The van der Waals surface area contributed by atoms with E-state index >= 15 is 0 Å². The second-order valence-corrected chi connectivity index (χ2v) is 8.21. The van der Waals surface area contributed by atoms with Gasteiger partial charge in [0.1, 0.15) is 4.99 Å². The molecular formula is C12H18BrN3O2S2. The van der Waals surface area contributed by atoms with Crippen LogP contribution in [0.1, 0.15) is 19.4 Å². The van der Waals surface area contributed by atoms with Crippen LogP contribution in [0.15, 0.2) is 22.7 Å². The van der Waals surface area contributed by atoms with Gasteiger partial charge in [0.05, 0.1) is 6.26 Å². The molecule has 0 aromatic heterocycles. The lowest BCUT2D eigenvalue weighted by Crippen LogP contribution is -2.47. The number of hydrogen-bond acceptors (Lipinski definition) is 4. The Morgan fingerprint density at radius 3 is 2.50 bits per heavy atom. The summed E-state index contributed by atoms with van der Waals surface area (Å²) >= 11 is 8.33. The molecule has 0 unspecified atom stereocenters. The number of hydrogen-bond donors (Lipinski definition) is 3. The molecule has 0 aliphatic carbocycles. The van der Waals surface area contributed by atoms with E-state index in [0.29, 0.717) is 11.5 Å². The zero-order valence-corrected chi connectivity index (χ0v) is 14.7. The number of benzene rings is 1. The summed E-state index contributed by atoms with van der Waals surface area (Å²) in [5.74, 6) is 0. The minimum absolute atomic E-state index is 0.322. The molecule has 0 radical (unpaired) electrons. The fraction of sp³-hybridized carbons (Fsp3) is 0.417. The Bertz CT molecular complexity index is 615. The molecule has 1 aromatic rings. The number of nitrogens with one attached hydrogen (secondary N) is 2. The van der Waals surface area contributed by atoms with Crippen molar-refractivity contribution in [1.82, 2.24) is 4.72 Å². The Hall–Kier alpha value is -0.700. The van der Waals surface area contributed by atoms with Crippen molar-refractivity contribution in [3.8, 4) is 0 Å². The van der Waals surface area contributed by atoms with Crippen molar-refractivity contribution in [3.05, 3.63) is 28.2 Å². The molecule has 0 atom stereocenters. The third-order valence-electron chi connectivity index (χ3n) is 2.43. The van der Waals surface area contributed by atoms with E-state index in [4.69, 9.17) is 18.0 Å². The topological polar surface area (TPSA) is 84.2 Å². The van der Waals surface area contributed by atoms with Crippen molar-refractivity contribution in [2.24, 2.45) is 5.73 Å². The van der Waals surface area contributed by atoms with E-state index in [0.717, 1.165) is 22.0 Å². The summed E-state index contributed by atoms with van der Waals surface area (Å²) in [6.07, 6.45) is 1.14. The van der Waals surface area contributed by atoms with Crippen molar-refractivity contribution >= 4 is 48.8 Å². The fourth-order valence-electron chi connectivity index (χ4n) is 1.69. The molecule has 0 aliphatic heterocycles. The number of sulfonamides is 1. The first-order chi connectivity index (χ1) is 9.00. The number of halogens is 1. The van der Waals surface area contributed by atoms with Gasteiger partial charge in [-0.05, 0) is 48.0 Å². The van der Waals surface area contributed by atoms with E-state index in [1.54, 1.807) is 13.8 Å². The van der Waals surface area contributed by atoms with Crippen molar-refractivity contribution in [1.29, 1.82) is 0 Å². The van der Waals surface area contributed by atoms with E-state index < -0.39 is 15.6 Å². The van der Waals surface area contributed by atoms with Gasteiger partial charge in [0, 0.05) is 27.8 Å². The molecule has 8 heteroatoms. The van der Waals surface area contributed by atoms with E-state index in [-0.39, 0.29) is 0 Å². The first-order valence-electron chi connectivity index (χ1n) is 5.82. The first-order valence-corrected chi connectivity index (χ1v) is 8.92. The van der Waals surface area contributed by atoms with Crippen LogP contribution >= 0.6 is 28.1 Å². The summed E-state index contributed by atoms with van der Waals surface area (Å²) in [7, 11) is -3.25. The average Bonchev–Trinajstić information content (AvgIpc) is 2.22. The minimum Gasteiger partial charge on any atom is -0.389 e. The molecule has 4 N–H and O–H groups in total. The van der Waals surface area contributed by atoms with Gasteiger partial charge in [0.2, 0.25) is 10.0 Å². The van der Waals surface area contributed by atoms with E-state index in [9.17, 15) is 8.42 Å². The van der Waals surface area contributed by atoms with Crippen LogP contribution in [0, 0.1) is 0 Å². The highest BCUT2D eigenvalue weighted by Crippen LogP contribution is 2.22. The quantitative estimate of drug-likeness (QED) is 0.656. The SMILES string of the molecule is CC(C)(CNc1ccc(C(N)=S)c(Br)c1)NS(C)(=O)=O. The van der Waals surface area contributed by atoms with Gasteiger partial charge in [0.25, 0.3) is 0 Å². The van der Waals surface area contributed by atoms with Crippen LogP contribution < -0.4 is 15.8 Å². The maximum Gasteiger partial charge on any atom is 0.209 e. The highest BCUT2D eigenvalue weighted by Gasteiger charge is 2.21. The van der Waals surface area contributed by atoms with Crippen LogP contribution in [0.5, 0.6) is 0 Å². The van der Waals surface area contributed by atoms with Crippen LogP contribution in [-0.4, -0.2) is 31.7 Å². The van der Waals surface area contributed by atoms with Gasteiger partial charge >= 0.3 is 0 Å². The molecule has 1 aromatic carbocycles. The number of rotatable bonds is 6. The maximum absolute atomic E-state index is 11.3. The number of thiocarbonyl (C=S) groups is 1. The van der Waals surface area contributed by atoms with Gasteiger partial charge in [-0.1, -0.05) is 12.2 Å². The fourth-order valence-corrected chi connectivity index (χ4v) is 3.66. The van der Waals surface area contributed by atoms with Crippen molar-refractivity contribution in [2.75, 3.05) is 18.1 Å². The second kappa shape index (κ2) is 6.38. The number of nitrogens with two attached hydrogens (primary N) is 1. The van der Waals surface area contributed by atoms with E-state index in [1.807, 2.05) is 18.2 Å². The largest absolute Gasteiger partial charge is 0.389 e. The first kappa shape index (κ1) is 17.4.